The van der Waals surface area contributed by atoms with Crippen LogP contribution in [0.4, 0.5) is 0 Å². The third-order valence-electron chi connectivity index (χ3n) is 6.25. The summed E-state index contributed by atoms with van der Waals surface area (Å²) in [4.78, 5) is 21.8. The van der Waals surface area contributed by atoms with Crippen LogP contribution in [-0.4, -0.2) is 65.1 Å². The molecular weight excluding hydrogens is 330 g/mol. The number of hydrogen-bond donors (Lipinski definition) is 1. The van der Waals surface area contributed by atoms with Gasteiger partial charge < -0.3 is 14.7 Å². The van der Waals surface area contributed by atoms with Gasteiger partial charge in [-0.3, -0.25) is 9.69 Å². The van der Waals surface area contributed by atoms with Gasteiger partial charge in [0.1, 0.15) is 0 Å². The highest BCUT2D eigenvalue weighted by Gasteiger charge is 2.58. The Labute approximate surface area is 155 Å². The van der Waals surface area contributed by atoms with Gasteiger partial charge in [0.15, 0.2) is 5.82 Å². The summed E-state index contributed by atoms with van der Waals surface area (Å²) in [6.45, 7) is 12.4. The number of hydrogen-bond acceptors (Lipinski definition) is 6. The molecule has 1 amide bonds. The molecule has 1 aromatic heterocycles. The van der Waals surface area contributed by atoms with Crippen LogP contribution in [0.1, 0.15) is 51.7 Å². The van der Waals surface area contributed by atoms with Crippen LogP contribution in [-0.2, 0) is 16.8 Å². The molecule has 1 N–H and O–H groups in total. The predicted octanol–water partition coefficient (Wildman–Crippen LogP) is 1.40. The highest BCUT2D eigenvalue weighted by Crippen LogP contribution is 2.59. The van der Waals surface area contributed by atoms with Crippen molar-refractivity contribution in [2.24, 2.45) is 11.3 Å². The Morgan fingerprint density at radius 2 is 1.92 bits per heavy atom. The molecule has 3 aliphatic rings. The molecule has 0 radical (unpaired) electrons. The minimum Gasteiger partial charge on any atom is -0.340 e. The lowest BCUT2D eigenvalue weighted by Crippen LogP contribution is -2.49. The summed E-state index contributed by atoms with van der Waals surface area (Å²) in [6.07, 6.45) is 3.43. The van der Waals surface area contributed by atoms with E-state index in [-0.39, 0.29) is 11.3 Å². The maximum Gasteiger partial charge on any atom is 0.232 e. The molecule has 0 bridgehead atoms. The smallest absolute Gasteiger partial charge is 0.232 e. The SMILES string of the molecule is CC(C)(C)c1nc(CN2CCN(C(=O)C3CC34CCNCC4)CC2)no1. The van der Waals surface area contributed by atoms with E-state index in [2.05, 4.69) is 46.0 Å². The van der Waals surface area contributed by atoms with Crippen molar-refractivity contribution in [1.29, 1.82) is 0 Å². The second-order valence-corrected chi connectivity index (χ2v) is 9.24. The number of nitrogens with one attached hydrogen (secondary N) is 1. The highest BCUT2D eigenvalue weighted by atomic mass is 16.5. The Morgan fingerprint density at radius 1 is 1.23 bits per heavy atom. The summed E-state index contributed by atoms with van der Waals surface area (Å²) in [7, 11) is 0. The van der Waals surface area contributed by atoms with Crippen LogP contribution in [0.2, 0.25) is 0 Å². The Hall–Kier alpha value is -1.47. The summed E-state index contributed by atoms with van der Waals surface area (Å²) in [5.74, 6) is 2.09. The van der Waals surface area contributed by atoms with Crippen molar-refractivity contribution in [1.82, 2.24) is 25.3 Å². The van der Waals surface area contributed by atoms with Crippen LogP contribution in [0.25, 0.3) is 0 Å². The van der Waals surface area contributed by atoms with E-state index in [1.807, 2.05) is 0 Å². The zero-order valence-corrected chi connectivity index (χ0v) is 16.3. The van der Waals surface area contributed by atoms with Crippen LogP contribution < -0.4 is 5.32 Å². The van der Waals surface area contributed by atoms with Gasteiger partial charge in [-0.05, 0) is 37.8 Å². The topological polar surface area (TPSA) is 74.5 Å². The molecule has 1 atom stereocenters. The molecule has 3 heterocycles. The van der Waals surface area contributed by atoms with Crippen LogP contribution in [0.3, 0.4) is 0 Å². The lowest BCUT2D eigenvalue weighted by molar-refractivity contribution is -0.135. The number of piperazine rings is 1. The first-order chi connectivity index (χ1) is 12.4. The maximum absolute atomic E-state index is 12.9. The Kier molecular flexibility index (Phi) is 4.55. The van der Waals surface area contributed by atoms with Gasteiger partial charge in [0.05, 0.1) is 6.54 Å². The van der Waals surface area contributed by atoms with Gasteiger partial charge in [-0.2, -0.15) is 4.98 Å². The van der Waals surface area contributed by atoms with Gasteiger partial charge in [-0.1, -0.05) is 25.9 Å². The van der Waals surface area contributed by atoms with Gasteiger partial charge in [0, 0.05) is 37.5 Å². The molecule has 1 aromatic rings. The monoisotopic (exact) mass is 361 g/mol. The first-order valence-electron chi connectivity index (χ1n) is 9.92. The van der Waals surface area contributed by atoms with E-state index in [4.69, 9.17) is 4.52 Å². The fraction of sp³-hybridized carbons (Fsp3) is 0.842. The minimum atomic E-state index is -0.120. The van der Waals surface area contributed by atoms with E-state index >= 15 is 0 Å². The van der Waals surface area contributed by atoms with E-state index in [0.717, 1.165) is 64.4 Å². The van der Waals surface area contributed by atoms with Gasteiger partial charge in [0.25, 0.3) is 0 Å². The highest BCUT2D eigenvalue weighted by molar-refractivity contribution is 5.82. The van der Waals surface area contributed by atoms with Crippen molar-refractivity contribution in [3.05, 3.63) is 11.7 Å². The first kappa shape index (κ1) is 17.9. The van der Waals surface area contributed by atoms with E-state index in [9.17, 15) is 4.79 Å². The lowest BCUT2D eigenvalue weighted by atomic mass is 9.91. The summed E-state index contributed by atoms with van der Waals surface area (Å²) in [6, 6.07) is 0. The van der Waals surface area contributed by atoms with Gasteiger partial charge >= 0.3 is 0 Å². The third kappa shape index (κ3) is 3.51. The summed E-state index contributed by atoms with van der Waals surface area (Å²) in [5, 5.41) is 7.52. The zero-order valence-electron chi connectivity index (χ0n) is 16.3. The van der Waals surface area contributed by atoms with Gasteiger partial charge in [-0.25, -0.2) is 0 Å². The lowest BCUT2D eigenvalue weighted by Gasteiger charge is -2.35. The Balaban J connectivity index is 1.27. The number of carbonyl (C=O) groups excluding carboxylic acids is 1. The van der Waals surface area contributed by atoms with Crippen LogP contribution in [0.5, 0.6) is 0 Å². The second kappa shape index (κ2) is 6.60. The number of amides is 1. The molecule has 26 heavy (non-hydrogen) atoms. The average Bonchev–Trinajstić information content (AvgIpc) is 3.07. The molecule has 1 saturated carbocycles. The van der Waals surface area contributed by atoms with Crippen molar-refractivity contribution >= 4 is 5.91 Å². The van der Waals surface area contributed by atoms with E-state index in [1.54, 1.807) is 0 Å². The number of aromatic nitrogens is 2. The molecular formula is C19H31N5O2. The third-order valence-corrected chi connectivity index (χ3v) is 6.25. The number of nitrogens with zero attached hydrogens (tertiary/aromatic N) is 4. The largest absolute Gasteiger partial charge is 0.340 e. The molecule has 2 saturated heterocycles. The Bertz CT molecular complexity index is 651. The molecule has 4 rings (SSSR count). The molecule has 1 aliphatic carbocycles. The summed E-state index contributed by atoms with van der Waals surface area (Å²) < 4.78 is 5.38. The molecule has 2 aliphatic heterocycles. The van der Waals surface area contributed by atoms with Crippen molar-refractivity contribution in [3.8, 4) is 0 Å². The minimum absolute atomic E-state index is 0.120. The second-order valence-electron chi connectivity index (χ2n) is 9.24. The fourth-order valence-corrected chi connectivity index (χ4v) is 4.34. The van der Waals surface area contributed by atoms with E-state index in [1.165, 1.54) is 0 Å². The van der Waals surface area contributed by atoms with Crippen LogP contribution >= 0.6 is 0 Å². The van der Waals surface area contributed by atoms with E-state index in [0.29, 0.717) is 23.8 Å². The van der Waals surface area contributed by atoms with E-state index < -0.39 is 0 Å². The number of piperidine rings is 1. The average molecular weight is 361 g/mol. The zero-order chi connectivity index (χ0) is 18.4. The summed E-state index contributed by atoms with van der Waals surface area (Å²) >= 11 is 0. The van der Waals surface area contributed by atoms with Crippen LogP contribution in [0.15, 0.2) is 4.52 Å². The first-order valence-corrected chi connectivity index (χ1v) is 9.92. The maximum atomic E-state index is 12.9. The molecule has 0 aromatic carbocycles. The number of carbonyl (C=O) groups is 1. The molecule has 1 spiro atoms. The van der Waals surface area contributed by atoms with Gasteiger partial charge in [0.2, 0.25) is 11.8 Å². The molecule has 3 fully saturated rings. The van der Waals surface area contributed by atoms with Gasteiger partial charge in [-0.15, -0.1) is 0 Å². The quantitative estimate of drug-likeness (QED) is 0.877. The number of rotatable bonds is 3. The Morgan fingerprint density at radius 3 is 2.54 bits per heavy atom. The molecule has 144 valence electrons. The standard InChI is InChI=1S/C19H31N5O2/c1-18(2,3)17-21-15(22-26-17)13-23-8-10-24(11-9-23)16(25)14-12-19(14)4-6-20-7-5-19/h14,20H,4-13H2,1-3H3. The molecule has 1 unspecified atom stereocenters. The molecule has 7 heteroatoms. The summed E-state index contributed by atoms with van der Waals surface area (Å²) in [5.41, 5.74) is 0.207. The predicted molar refractivity (Wildman–Crippen MR) is 97.5 cm³/mol. The molecule has 7 nitrogen and oxygen atoms in total. The van der Waals surface area contributed by atoms with Crippen molar-refractivity contribution in [2.75, 3.05) is 39.3 Å². The van der Waals surface area contributed by atoms with Crippen molar-refractivity contribution in [2.45, 2.75) is 52.0 Å². The van der Waals surface area contributed by atoms with Crippen molar-refractivity contribution < 1.29 is 9.32 Å². The van der Waals surface area contributed by atoms with Crippen LogP contribution in [0, 0.1) is 11.3 Å². The van der Waals surface area contributed by atoms with Crippen molar-refractivity contribution in [3.63, 3.8) is 0 Å². The normalized spacial score (nSPS) is 26.3. The fourth-order valence-electron chi connectivity index (χ4n) is 4.34.